The largest absolute Gasteiger partial charge is 0.507 e. The molecular weight excluding hydrogens is 316 g/mol. The molecule has 3 heterocycles. The van der Waals surface area contributed by atoms with Crippen LogP contribution in [0.2, 0.25) is 0 Å². The summed E-state index contributed by atoms with van der Waals surface area (Å²) < 4.78 is 1.72. The first-order valence-electron chi connectivity index (χ1n) is 8.78. The Hall–Kier alpha value is -2.18. The SMILES string of the molecule is CCn1c(C)cc(O)c(C(c2cccnc2)N2CCN(C)CC2)c1=O. The van der Waals surface area contributed by atoms with Crippen molar-refractivity contribution in [1.29, 1.82) is 0 Å². The number of hydrogen-bond donors (Lipinski definition) is 1. The van der Waals surface area contributed by atoms with Gasteiger partial charge in [-0.25, -0.2) is 0 Å². The predicted molar refractivity (Wildman–Crippen MR) is 97.9 cm³/mol. The number of likely N-dealkylation sites (N-methyl/N-ethyl adjacent to an activating group) is 1. The minimum atomic E-state index is -0.284. The molecular formula is C19H26N4O2. The summed E-state index contributed by atoms with van der Waals surface area (Å²) in [4.78, 5) is 21.9. The van der Waals surface area contributed by atoms with E-state index in [-0.39, 0.29) is 17.4 Å². The van der Waals surface area contributed by atoms with Gasteiger partial charge in [0.25, 0.3) is 5.56 Å². The van der Waals surface area contributed by atoms with Crippen molar-refractivity contribution in [1.82, 2.24) is 19.4 Å². The molecule has 6 nitrogen and oxygen atoms in total. The highest BCUT2D eigenvalue weighted by molar-refractivity contribution is 5.40. The van der Waals surface area contributed by atoms with E-state index in [1.165, 1.54) is 0 Å². The topological polar surface area (TPSA) is 61.6 Å². The van der Waals surface area contributed by atoms with Crippen LogP contribution in [0.3, 0.4) is 0 Å². The molecule has 0 saturated carbocycles. The maximum atomic E-state index is 13.1. The Morgan fingerprint density at radius 3 is 2.60 bits per heavy atom. The molecule has 0 spiro atoms. The van der Waals surface area contributed by atoms with Crippen molar-refractivity contribution in [2.75, 3.05) is 33.2 Å². The molecule has 2 aromatic rings. The van der Waals surface area contributed by atoms with E-state index in [0.29, 0.717) is 12.1 Å². The zero-order valence-electron chi connectivity index (χ0n) is 15.1. The molecule has 134 valence electrons. The molecule has 1 aliphatic heterocycles. The molecule has 1 N–H and O–H groups in total. The van der Waals surface area contributed by atoms with Gasteiger partial charge in [0.15, 0.2) is 0 Å². The standard InChI is InChI=1S/C19H26N4O2/c1-4-23-14(2)12-16(24)17(19(23)25)18(15-6-5-7-20-13-15)22-10-8-21(3)9-11-22/h5-7,12-13,18,24H,4,8-11H2,1-3H3. The smallest absolute Gasteiger partial charge is 0.259 e. The van der Waals surface area contributed by atoms with Gasteiger partial charge in [-0.05, 0) is 38.6 Å². The van der Waals surface area contributed by atoms with Gasteiger partial charge in [0, 0.05) is 50.8 Å². The summed E-state index contributed by atoms with van der Waals surface area (Å²) in [6, 6.07) is 5.26. The number of aromatic nitrogens is 2. The Morgan fingerprint density at radius 1 is 1.28 bits per heavy atom. The quantitative estimate of drug-likeness (QED) is 0.915. The van der Waals surface area contributed by atoms with Gasteiger partial charge < -0.3 is 14.6 Å². The highest BCUT2D eigenvalue weighted by Crippen LogP contribution is 2.32. The zero-order chi connectivity index (χ0) is 18.0. The lowest BCUT2D eigenvalue weighted by atomic mass is 9.97. The predicted octanol–water partition coefficient (Wildman–Crippen LogP) is 1.61. The summed E-state index contributed by atoms with van der Waals surface area (Å²) in [6.45, 7) is 7.94. The normalized spacial score (nSPS) is 17.6. The van der Waals surface area contributed by atoms with Crippen LogP contribution in [-0.2, 0) is 6.54 Å². The van der Waals surface area contributed by atoms with E-state index in [1.54, 1.807) is 23.0 Å². The van der Waals surface area contributed by atoms with Crippen molar-refractivity contribution >= 4 is 0 Å². The van der Waals surface area contributed by atoms with E-state index in [1.807, 2.05) is 26.0 Å². The molecule has 1 unspecified atom stereocenters. The minimum Gasteiger partial charge on any atom is -0.507 e. The summed E-state index contributed by atoms with van der Waals surface area (Å²) in [5.74, 6) is 0.0694. The monoisotopic (exact) mass is 342 g/mol. The number of aromatic hydroxyl groups is 1. The molecule has 0 aliphatic carbocycles. The average molecular weight is 342 g/mol. The molecule has 1 saturated heterocycles. The lowest BCUT2D eigenvalue weighted by Crippen LogP contribution is -2.47. The van der Waals surface area contributed by atoms with Crippen molar-refractivity contribution in [3.05, 3.63) is 57.8 Å². The molecule has 0 radical (unpaired) electrons. The fraction of sp³-hybridized carbons (Fsp3) is 0.474. The van der Waals surface area contributed by atoms with E-state index in [0.717, 1.165) is 37.4 Å². The lowest BCUT2D eigenvalue weighted by molar-refractivity contribution is 0.125. The lowest BCUT2D eigenvalue weighted by Gasteiger charge is -2.38. The van der Waals surface area contributed by atoms with E-state index >= 15 is 0 Å². The Labute approximate surface area is 148 Å². The number of aryl methyl sites for hydroxylation is 1. The third-order valence-corrected chi connectivity index (χ3v) is 5.02. The van der Waals surface area contributed by atoms with E-state index < -0.39 is 0 Å². The van der Waals surface area contributed by atoms with E-state index in [9.17, 15) is 9.90 Å². The van der Waals surface area contributed by atoms with Gasteiger partial charge in [0.1, 0.15) is 5.75 Å². The van der Waals surface area contributed by atoms with Crippen LogP contribution < -0.4 is 5.56 Å². The summed E-state index contributed by atoms with van der Waals surface area (Å²) >= 11 is 0. The molecule has 3 rings (SSSR count). The highest BCUT2D eigenvalue weighted by Gasteiger charge is 2.30. The second-order valence-corrected chi connectivity index (χ2v) is 6.66. The number of hydrogen-bond acceptors (Lipinski definition) is 5. The van der Waals surface area contributed by atoms with Crippen LogP contribution in [-0.4, -0.2) is 57.7 Å². The number of rotatable bonds is 4. The molecule has 1 aliphatic rings. The van der Waals surface area contributed by atoms with Gasteiger partial charge in [0.2, 0.25) is 0 Å². The Kier molecular flexibility index (Phi) is 5.20. The van der Waals surface area contributed by atoms with Crippen molar-refractivity contribution in [3.63, 3.8) is 0 Å². The van der Waals surface area contributed by atoms with Gasteiger partial charge in [-0.3, -0.25) is 14.7 Å². The van der Waals surface area contributed by atoms with Crippen molar-refractivity contribution in [3.8, 4) is 5.75 Å². The van der Waals surface area contributed by atoms with Crippen molar-refractivity contribution in [2.24, 2.45) is 0 Å². The van der Waals surface area contributed by atoms with Crippen LogP contribution >= 0.6 is 0 Å². The maximum absolute atomic E-state index is 13.1. The van der Waals surface area contributed by atoms with Gasteiger partial charge in [-0.2, -0.15) is 0 Å². The molecule has 0 aromatic carbocycles. The maximum Gasteiger partial charge on any atom is 0.259 e. The van der Waals surface area contributed by atoms with Crippen molar-refractivity contribution in [2.45, 2.75) is 26.4 Å². The van der Waals surface area contributed by atoms with Crippen LogP contribution in [0.4, 0.5) is 0 Å². The summed E-state index contributed by atoms with van der Waals surface area (Å²) in [7, 11) is 2.10. The van der Waals surface area contributed by atoms with E-state index in [4.69, 9.17) is 0 Å². The first-order chi connectivity index (χ1) is 12.0. The van der Waals surface area contributed by atoms with Gasteiger partial charge in [-0.15, -0.1) is 0 Å². The van der Waals surface area contributed by atoms with Crippen LogP contribution in [0.5, 0.6) is 5.75 Å². The molecule has 6 heteroatoms. The Balaban J connectivity index is 2.14. The fourth-order valence-electron chi connectivity index (χ4n) is 3.60. The third kappa shape index (κ3) is 3.45. The molecule has 25 heavy (non-hydrogen) atoms. The van der Waals surface area contributed by atoms with Gasteiger partial charge in [-0.1, -0.05) is 6.07 Å². The Bertz CT molecular complexity index is 780. The molecule has 2 aromatic heterocycles. The van der Waals surface area contributed by atoms with Crippen LogP contribution in [0.15, 0.2) is 35.4 Å². The third-order valence-electron chi connectivity index (χ3n) is 5.02. The zero-order valence-corrected chi connectivity index (χ0v) is 15.1. The van der Waals surface area contributed by atoms with Gasteiger partial charge in [0.05, 0.1) is 11.6 Å². The minimum absolute atomic E-state index is 0.0694. The molecule has 0 amide bonds. The number of piperazine rings is 1. The van der Waals surface area contributed by atoms with Crippen LogP contribution in [0.25, 0.3) is 0 Å². The van der Waals surface area contributed by atoms with Crippen LogP contribution in [0.1, 0.15) is 29.8 Å². The molecule has 1 atom stereocenters. The first kappa shape index (κ1) is 17.6. The second kappa shape index (κ2) is 7.37. The first-order valence-corrected chi connectivity index (χ1v) is 8.78. The highest BCUT2D eigenvalue weighted by atomic mass is 16.3. The molecule has 1 fully saturated rings. The van der Waals surface area contributed by atoms with Crippen molar-refractivity contribution < 1.29 is 5.11 Å². The van der Waals surface area contributed by atoms with Gasteiger partial charge >= 0.3 is 0 Å². The summed E-state index contributed by atoms with van der Waals surface area (Å²) in [5.41, 5.74) is 2.04. The number of nitrogens with zero attached hydrogens (tertiary/aromatic N) is 4. The second-order valence-electron chi connectivity index (χ2n) is 6.66. The number of pyridine rings is 2. The van der Waals surface area contributed by atoms with Crippen LogP contribution in [0, 0.1) is 6.92 Å². The Morgan fingerprint density at radius 2 is 2.00 bits per heavy atom. The molecule has 0 bridgehead atoms. The summed E-state index contributed by atoms with van der Waals surface area (Å²) in [5, 5.41) is 10.6. The summed E-state index contributed by atoms with van der Waals surface area (Å²) in [6.07, 6.45) is 3.52. The van der Waals surface area contributed by atoms with E-state index in [2.05, 4.69) is 21.8 Å². The fourth-order valence-corrected chi connectivity index (χ4v) is 3.60. The average Bonchev–Trinajstić information content (AvgIpc) is 2.60.